The van der Waals surface area contributed by atoms with Gasteiger partial charge >= 0.3 is 6.18 Å². The Bertz CT molecular complexity index is 1130. The van der Waals surface area contributed by atoms with Crippen LogP contribution in [-0.4, -0.2) is 40.8 Å². The number of nitrogens with one attached hydrogen (secondary N) is 1. The van der Waals surface area contributed by atoms with E-state index in [4.69, 9.17) is 21.1 Å². The number of benzene rings is 2. The summed E-state index contributed by atoms with van der Waals surface area (Å²) in [5.74, 6) is 0.239. The molecule has 182 valence electrons. The Labute approximate surface area is 195 Å². The first kappa shape index (κ1) is 26.6. The van der Waals surface area contributed by atoms with Crippen molar-refractivity contribution >= 4 is 33.2 Å². The Morgan fingerprint density at radius 2 is 1.73 bits per heavy atom. The molecule has 0 aliphatic carbocycles. The number of anilines is 1. The number of carbonyl (C=O) groups excluding carboxylic acids is 1. The molecule has 0 bridgehead atoms. The van der Waals surface area contributed by atoms with Crippen LogP contribution in [0.1, 0.15) is 31.0 Å². The molecule has 0 aliphatic rings. The smallest absolute Gasteiger partial charge is 0.417 e. The van der Waals surface area contributed by atoms with E-state index in [9.17, 15) is 26.4 Å². The minimum Gasteiger partial charge on any atom is -0.497 e. The average Bonchev–Trinajstić information content (AvgIpc) is 2.72. The van der Waals surface area contributed by atoms with Crippen molar-refractivity contribution in [2.24, 2.45) is 0 Å². The molecule has 12 heteroatoms. The Kier molecular flexibility index (Phi) is 8.13. The summed E-state index contributed by atoms with van der Waals surface area (Å²) in [6.07, 6.45) is -4.01. The maximum absolute atomic E-state index is 13.3. The lowest BCUT2D eigenvalue weighted by atomic mass is 10.1. The highest BCUT2D eigenvalue weighted by atomic mass is 35.5. The fraction of sp³-hybridized carbons (Fsp3) is 0.381. The fourth-order valence-corrected chi connectivity index (χ4v) is 4.66. The summed E-state index contributed by atoms with van der Waals surface area (Å²) in [5, 5.41) is 2.08. The van der Waals surface area contributed by atoms with E-state index >= 15 is 0 Å². The molecule has 1 N–H and O–H groups in total. The van der Waals surface area contributed by atoms with Crippen LogP contribution in [0, 0.1) is 0 Å². The number of halogens is 4. The van der Waals surface area contributed by atoms with Crippen LogP contribution in [0.5, 0.6) is 11.5 Å². The van der Waals surface area contributed by atoms with Gasteiger partial charge in [-0.2, -0.15) is 13.2 Å². The van der Waals surface area contributed by atoms with Gasteiger partial charge in [-0.05, 0) is 50.2 Å². The van der Waals surface area contributed by atoms with E-state index < -0.39 is 44.8 Å². The molecule has 0 aliphatic heterocycles. The second kappa shape index (κ2) is 10.1. The number of amides is 1. The van der Waals surface area contributed by atoms with Crippen LogP contribution >= 0.6 is 11.6 Å². The molecule has 7 nitrogen and oxygen atoms in total. The van der Waals surface area contributed by atoms with Crippen molar-refractivity contribution in [2.45, 2.75) is 32.1 Å². The molecule has 0 radical (unpaired) electrons. The van der Waals surface area contributed by atoms with Gasteiger partial charge in [0, 0.05) is 5.56 Å². The molecule has 33 heavy (non-hydrogen) atoms. The molecular weight excluding hydrogens is 485 g/mol. The molecule has 2 aromatic carbocycles. The predicted molar refractivity (Wildman–Crippen MR) is 119 cm³/mol. The average molecular weight is 509 g/mol. The van der Waals surface area contributed by atoms with Crippen molar-refractivity contribution in [1.82, 2.24) is 5.32 Å². The Hall–Kier alpha value is -2.66. The fourth-order valence-electron chi connectivity index (χ4n) is 3.27. The summed E-state index contributed by atoms with van der Waals surface area (Å²) in [5.41, 5.74) is -0.991. The highest BCUT2D eigenvalue weighted by molar-refractivity contribution is 7.92. The van der Waals surface area contributed by atoms with Crippen molar-refractivity contribution in [3.63, 3.8) is 0 Å². The molecule has 1 amide bonds. The molecule has 0 heterocycles. The minimum absolute atomic E-state index is 0.344. The van der Waals surface area contributed by atoms with Gasteiger partial charge in [-0.1, -0.05) is 11.6 Å². The summed E-state index contributed by atoms with van der Waals surface area (Å²) in [6.45, 7) is 2.92. The number of ether oxygens (including phenoxy) is 2. The van der Waals surface area contributed by atoms with Gasteiger partial charge in [0.15, 0.2) is 0 Å². The highest BCUT2D eigenvalue weighted by Crippen LogP contribution is 2.38. The van der Waals surface area contributed by atoms with E-state index in [1.807, 2.05) is 0 Å². The van der Waals surface area contributed by atoms with E-state index in [1.165, 1.54) is 21.1 Å². The first-order chi connectivity index (χ1) is 15.2. The van der Waals surface area contributed by atoms with Gasteiger partial charge in [0.25, 0.3) is 0 Å². The van der Waals surface area contributed by atoms with Crippen molar-refractivity contribution in [1.29, 1.82) is 0 Å². The molecule has 2 aromatic rings. The molecule has 0 spiro atoms. The number of rotatable bonds is 8. The second-order valence-corrected chi connectivity index (χ2v) is 9.50. The summed E-state index contributed by atoms with van der Waals surface area (Å²) < 4.78 is 75.9. The largest absolute Gasteiger partial charge is 0.497 e. The normalized spacial score (nSPS) is 13.7. The lowest BCUT2D eigenvalue weighted by Gasteiger charge is -2.30. The number of carbonyl (C=O) groups is 1. The highest BCUT2D eigenvalue weighted by Gasteiger charge is 2.36. The number of sulfonamides is 1. The standard InChI is InChI=1S/C21H24ClF3N2O5S/c1-12(16-11-15(31-3)7-9-19(16)32-4)26-20(28)13(2)27(33(5,29)30)14-6-8-18(22)17(10-14)21(23,24)25/h6-13H,1-5H3,(H,26,28). The molecule has 2 atom stereocenters. The van der Waals surface area contributed by atoms with E-state index in [0.717, 1.165) is 18.4 Å². The van der Waals surface area contributed by atoms with Crippen LogP contribution in [0.3, 0.4) is 0 Å². The quantitative estimate of drug-likeness (QED) is 0.571. The van der Waals surface area contributed by atoms with E-state index in [0.29, 0.717) is 27.4 Å². The van der Waals surface area contributed by atoms with Crippen LogP contribution in [0.4, 0.5) is 18.9 Å². The molecule has 2 unspecified atom stereocenters. The van der Waals surface area contributed by atoms with Gasteiger partial charge in [-0.25, -0.2) is 8.42 Å². The zero-order valence-electron chi connectivity index (χ0n) is 18.5. The Balaban J connectivity index is 2.40. The lowest BCUT2D eigenvalue weighted by Crippen LogP contribution is -2.48. The lowest BCUT2D eigenvalue weighted by molar-refractivity contribution is -0.137. The first-order valence-electron chi connectivity index (χ1n) is 9.59. The van der Waals surface area contributed by atoms with Gasteiger partial charge in [-0.3, -0.25) is 9.10 Å². The van der Waals surface area contributed by atoms with Crippen LogP contribution in [-0.2, 0) is 21.0 Å². The molecular formula is C21H24ClF3N2O5S. The number of hydrogen-bond acceptors (Lipinski definition) is 5. The SMILES string of the molecule is COc1ccc(OC)c(C(C)NC(=O)C(C)N(c2ccc(Cl)c(C(F)(F)F)c2)S(C)(=O)=O)c1. The van der Waals surface area contributed by atoms with Crippen LogP contribution < -0.4 is 19.1 Å². The summed E-state index contributed by atoms with van der Waals surface area (Å²) in [7, 11) is -1.22. The van der Waals surface area contributed by atoms with Gasteiger partial charge in [0.2, 0.25) is 15.9 Å². The van der Waals surface area contributed by atoms with Gasteiger partial charge in [0.1, 0.15) is 17.5 Å². The predicted octanol–water partition coefficient (Wildman–Crippen LogP) is 4.41. The Morgan fingerprint density at radius 3 is 2.24 bits per heavy atom. The van der Waals surface area contributed by atoms with Crippen molar-refractivity contribution in [3.8, 4) is 11.5 Å². The molecule has 0 aromatic heterocycles. The molecule has 0 saturated heterocycles. The Morgan fingerprint density at radius 1 is 1.09 bits per heavy atom. The van der Waals surface area contributed by atoms with E-state index in [-0.39, 0.29) is 5.69 Å². The number of alkyl halides is 3. The third-order valence-corrected chi connectivity index (χ3v) is 6.43. The maximum atomic E-state index is 13.3. The zero-order chi connectivity index (χ0) is 25.1. The molecule has 0 saturated carbocycles. The summed E-state index contributed by atoms with van der Waals surface area (Å²) >= 11 is 5.64. The number of nitrogens with zero attached hydrogens (tertiary/aromatic N) is 1. The van der Waals surface area contributed by atoms with E-state index in [2.05, 4.69) is 5.32 Å². The zero-order valence-corrected chi connectivity index (χ0v) is 20.1. The third-order valence-electron chi connectivity index (χ3n) is 4.86. The third kappa shape index (κ3) is 6.23. The van der Waals surface area contributed by atoms with Crippen molar-refractivity contribution in [2.75, 3.05) is 24.8 Å². The van der Waals surface area contributed by atoms with Gasteiger partial charge in [-0.15, -0.1) is 0 Å². The van der Waals surface area contributed by atoms with Crippen LogP contribution in [0.2, 0.25) is 5.02 Å². The monoisotopic (exact) mass is 508 g/mol. The maximum Gasteiger partial charge on any atom is 0.417 e. The van der Waals surface area contributed by atoms with Crippen LogP contribution in [0.15, 0.2) is 36.4 Å². The topological polar surface area (TPSA) is 84.9 Å². The second-order valence-electron chi connectivity index (χ2n) is 7.23. The number of hydrogen-bond donors (Lipinski definition) is 1. The van der Waals surface area contributed by atoms with Crippen molar-refractivity contribution in [3.05, 3.63) is 52.5 Å². The minimum atomic E-state index is -4.81. The first-order valence-corrected chi connectivity index (χ1v) is 11.8. The summed E-state index contributed by atoms with van der Waals surface area (Å²) in [6, 6.07) is 5.60. The summed E-state index contributed by atoms with van der Waals surface area (Å²) in [4.78, 5) is 13.0. The van der Waals surface area contributed by atoms with Gasteiger partial charge < -0.3 is 14.8 Å². The molecule has 2 rings (SSSR count). The van der Waals surface area contributed by atoms with E-state index in [1.54, 1.807) is 25.1 Å². The van der Waals surface area contributed by atoms with Crippen LogP contribution in [0.25, 0.3) is 0 Å². The van der Waals surface area contributed by atoms with Crippen molar-refractivity contribution < 1.29 is 35.9 Å². The number of methoxy groups -OCH3 is 2. The van der Waals surface area contributed by atoms with Gasteiger partial charge in [0.05, 0.1) is 42.8 Å². The molecule has 0 fully saturated rings.